The van der Waals surface area contributed by atoms with Crippen LogP contribution in [0.2, 0.25) is 0 Å². The van der Waals surface area contributed by atoms with Crippen LogP contribution in [-0.4, -0.2) is 31.1 Å². The maximum absolute atomic E-state index is 12.4. The average molecular weight is 424 g/mol. The summed E-state index contributed by atoms with van der Waals surface area (Å²) in [6, 6.07) is 12.4. The van der Waals surface area contributed by atoms with Gasteiger partial charge >= 0.3 is 0 Å². The minimum atomic E-state index is -0.0599. The normalized spacial score (nSPS) is 12.5. The van der Waals surface area contributed by atoms with Crippen molar-refractivity contribution in [2.45, 2.75) is 45.1 Å². The van der Waals surface area contributed by atoms with E-state index in [1.165, 1.54) is 21.5 Å². The number of hydrogen-bond acceptors (Lipinski definition) is 5. The largest absolute Gasteiger partial charge is 0.354 e. The molecule has 3 heterocycles. The smallest absolute Gasteiger partial charge is 0.272 e. The van der Waals surface area contributed by atoms with Crippen LogP contribution in [0.5, 0.6) is 0 Å². The van der Waals surface area contributed by atoms with Crippen LogP contribution < -0.4 is 10.9 Å². The van der Waals surface area contributed by atoms with Crippen molar-refractivity contribution < 1.29 is 4.79 Å². The van der Waals surface area contributed by atoms with Gasteiger partial charge in [-0.15, -0.1) is 21.5 Å². The first kappa shape index (κ1) is 20.3. The molecule has 1 amide bonds. The Morgan fingerprint density at radius 2 is 1.97 bits per heavy atom. The second-order valence-electron chi connectivity index (χ2n) is 7.60. The lowest BCUT2D eigenvalue weighted by Gasteiger charge is -2.14. The molecule has 0 radical (unpaired) electrons. The fourth-order valence-corrected chi connectivity index (χ4v) is 4.52. The number of hydrogen-bond donors (Lipinski definition) is 1. The zero-order chi connectivity index (χ0) is 21.1. The Balaban J connectivity index is 1.34. The third kappa shape index (κ3) is 4.14. The summed E-state index contributed by atoms with van der Waals surface area (Å²) in [5, 5.41) is 13.4. The summed E-state index contributed by atoms with van der Waals surface area (Å²) < 4.78 is 4.14. The number of thiophene rings is 1. The van der Waals surface area contributed by atoms with Gasteiger partial charge < -0.3 is 5.32 Å². The summed E-state index contributed by atoms with van der Waals surface area (Å²) in [5.41, 5.74) is 2.05. The number of amides is 1. The lowest BCUT2D eigenvalue weighted by molar-refractivity contribution is -0.121. The van der Waals surface area contributed by atoms with Crippen molar-refractivity contribution in [2.24, 2.45) is 7.05 Å². The van der Waals surface area contributed by atoms with Crippen molar-refractivity contribution in [3.63, 3.8) is 0 Å². The van der Waals surface area contributed by atoms with E-state index >= 15 is 0 Å². The van der Waals surface area contributed by atoms with Crippen molar-refractivity contribution >= 4 is 33.2 Å². The topological polar surface area (TPSA) is 81.3 Å². The maximum atomic E-state index is 12.4. The van der Waals surface area contributed by atoms with Gasteiger partial charge in [0, 0.05) is 25.9 Å². The van der Waals surface area contributed by atoms with Gasteiger partial charge in [-0.25, -0.2) is 0 Å². The van der Waals surface area contributed by atoms with Gasteiger partial charge in [-0.2, -0.15) is 0 Å². The van der Waals surface area contributed by atoms with Crippen LogP contribution in [0.25, 0.3) is 16.0 Å². The Morgan fingerprint density at radius 3 is 2.77 bits per heavy atom. The van der Waals surface area contributed by atoms with Crippen LogP contribution in [-0.2, 0) is 24.7 Å². The molecule has 0 aliphatic rings. The van der Waals surface area contributed by atoms with Gasteiger partial charge in [0.05, 0.1) is 5.52 Å². The first-order chi connectivity index (χ1) is 14.5. The van der Waals surface area contributed by atoms with E-state index in [0.29, 0.717) is 29.7 Å². The van der Waals surface area contributed by atoms with Crippen molar-refractivity contribution in [3.05, 3.63) is 63.5 Å². The molecule has 0 aliphatic carbocycles. The summed E-state index contributed by atoms with van der Waals surface area (Å²) in [6.45, 7) is 2.04. The molecule has 0 spiro atoms. The van der Waals surface area contributed by atoms with Crippen LogP contribution in [0.4, 0.5) is 0 Å². The third-order valence-electron chi connectivity index (χ3n) is 5.32. The Kier molecular flexibility index (Phi) is 5.94. The zero-order valence-corrected chi connectivity index (χ0v) is 18.0. The molecule has 0 saturated heterocycles. The van der Waals surface area contributed by atoms with Crippen molar-refractivity contribution in [1.82, 2.24) is 24.5 Å². The Hall–Kier alpha value is -3.00. The molecular weight excluding hydrogens is 398 g/mol. The summed E-state index contributed by atoms with van der Waals surface area (Å²) in [5.74, 6) is 1.35. The fraction of sp³-hybridized carbons (Fsp3) is 0.364. The van der Waals surface area contributed by atoms with Gasteiger partial charge in [-0.3, -0.25) is 18.6 Å². The molecular formula is C22H25N5O2S. The minimum Gasteiger partial charge on any atom is -0.354 e. The van der Waals surface area contributed by atoms with E-state index in [2.05, 4.69) is 27.6 Å². The first-order valence-electron chi connectivity index (χ1n) is 10.2. The highest BCUT2D eigenvalue weighted by atomic mass is 32.1. The predicted octanol–water partition coefficient (Wildman–Crippen LogP) is 3.10. The number of fused-ring (bicyclic) bond motifs is 3. The minimum absolute atomic E-state index is 0.0532. The van der Waals surface area contributed by atoms with E-state index in [9.17, 15) is 9.59 Å². The molecule has 4 aromatic rings. The molecule has 1 aromatic carbocycles. The fourth-order valence-electron chi connectivity index (χ4n) is 3.67. The zero-order valence-electron chi connectivity index (χ0n) is 17.2. The van der Waals surface area contributed by atoms with Gasteiger partial charge in [-0.05, 0) is 43.2 Å². The van der Waals surface area contributed by atoms with Gasteiger partial charge in [0.25, 0.3) is 5.56 Å². The van der Waals surface area contributed by atoms with Gasteiger partial charge in [-0.1, -0.05) is 30.3 Å². The van der Waals surface area contributed by atoms with Gasteiger partial charge in [0.15, 0.2) is 0 Å². The molecule has 3 aromatic heterocycles. The van der Waals surface area contributed by atoms with Crippen molar-refractivity contribution in [2.75, 3.05) is 0 Å². The lowest BCUT2D eigenvalue weighted by atomic mass is 10.1. The van der Waals surface area contributed by atoms with E-state index in [4.69, 9.17) is 0 Å². The Bertz CT molecular complexity index is 1230. The number of carbonyl (C=O) groups is 1. The van der Waals surface area contributed by atoms with Gasteiger partial charge in [0.1, 0.15) is 10.5 Å². The molecule has 0 fully saturated rings. The van der Waals surface area contributed by atoms with Crippen molar-refractivity contribution in [1.29, 1.82) is 0 Å². The maximum Gasteiger partial charge on any atom is 0.272 e. The molecule has 0 saturated carbocycles. The summed E-state index contributed by atoms with van der Waals surface area (Å²) in [6.07, 6.45) is 3.59. The van der Waals surface area contributed by atoms with Crippen molar-refractivity contribution in [3.8, 4) is 0 Å². The lowest BCUT2D eigenvalue weighted by Crippen LogP contribution is -2.32. The summed E-state index contributed by atoms with van der Waals surface area (Å²) in [4.78, 5) is 24.7. The monoisotopic (exact) mass is 423 g/mol. The number of benzene rings is 1. The quantitative estimate of drug-likeness (QED) is 0.472. The highest BCUT2D eigenvalue weighted by Crippen LogP contribution is 2.20. The molecule has 8 heteroatoms. The molecule has 1 atom stereocenters. The number of carbonyl (C=O) groups excluding carboxylic acids is 1. The summed E-state index contributed by atoms with van der Waals surface area (Å²) >= 11 is 1.42. The average Bonchev–Trinajstić information content (AvgIpc) is 3.38. The Labute approximate surface area is 178 Å². The van der Waals surface area contributed by atoms with Crippen LogP contribution in [0, 0.1) is 0 Å². The molecule has 7 nitrogen and oxygen atoms in total. The standard InChI is InChI=1S/C22H25N5O2S/c1-15(11-12-16-7-4-3-5-8-16)23-19(28)10-6-9-18-24-25-22-26(2)21(29)20-17(27(18)22)13-14-30-20/h3-5,7-8,13-15H,6,9-12H2,1-2H3,(H,23,28)/t15-/m1/s1. The first-order valence-corrected chi connectivity index (χ1v) is 11.1. The molecule has 0 unspecified atom stereocenters. The second kappa shape index (κ2) is 8.79. The molecule has 156 valence electrons. The second-order valence-corrected chi connectivity index (χ2v) is 8.51. The molecule has 1 N–H and O–H groups in total. The highest BCUT2D eigenvalue weighted by Gasteiger charge is 2.16. The number of aromatic nitrogens is 4. The van der Waals surface area contributed by atoms with E-state index in [-0.39, 0.29) is 17.5 Å². The number of nitrogens with one attached hydrogen (secondary N) is 1. The number of rotatable bonds is 8. The van der Waals surface area contributed by atoms with Crippen LogP contribution in [0.3, 0.4) is 0 Å². The van der Waals surface area contributed by atoms with Crippen LogP contribution in [0.15, 0.2) is 46.6 Å². The van der Waals surface area contributed by atoms with E-state index in [1.54, 1.807) is 7.05 Å². The van der Waals surface area contributed by atoms with Gasteiger partial charge in [0.2, 0.25) is 11.7 Å². The molecule has 30 heavy (non-hydrogen) atoms. The summed E-state index contributed by atoms with van der Waals surface area (Å²) in [7, 11) is 1.71. The Morgan fingerprint density at radius 1 is 1.17 bits per heavy atom. The van der Waals surface area contributed by atoms with E-state index in [0.717, 1.165) is 24.2 Å². The SMILES string of the molecule is C[C@H](CCc1ccccc1)NC(=O)CCCc1nnc2n(C)c(=O)c3sccc3n12. The molecule has 0 bridgehead atoms. The van der Waals surface area contributed by atoms with E-state index < -0.39 is 0 Å². The molecule has 4 rings (SSSR count). The number of nitrogens with zero attached hydrogens (tertiary/aromatic N) is 4. The van der Waals surface area contributed by atoms with Crippen LogP contribution in [0.1, 0.15) is 37.6 Å². The van der Waals surface area contributed by atoms with E-state index in [1.807, 2.05) is 41.0 Å². The number of aryl methyl sites for hydroxylation is 3. The highest BCUT2D eigenvalue weighted by molar-refractivity contribution is 7.17. The predicted molar refractivity (Wildman–Crippen MR) is 119 cm³/mol. The third-order valence-corrected chi connectivity index (χ3v) is 6.21. The van der Waals surface area contributed by atoms with Crippen LogP contribution >= 0.6 is 11.3 Å². The molecule has 0 aliphatic heterocycles.